The third-order valence-electron chi connectivity index (χ3n) is 3.63. The highest BCUT2D eigenvalue weighted by atomic mass is 16.5. The molecule has 2 N–H and O–H groups in total. The fourth-order valence-corrected chi connectivity index (χ4v) is 2.46. The second-order valence-electron chi connectivity index (χ2n) is 5.30. The van der Waals surface area contributed by atoms with Gasteiger partial charge in [-0.05, 0) is 25.8 Å². The fraction of sp³-hybridized carbons (Fsp3) is 0.846. The molecule has 1 aliphatic carbocycles. The van der Waals surface area contributed by atoms with Gasteiger partial charge < -0.3 is 20.1 Å². The smallest absolute Gasteiger partial charge is 0.323 e. The number of hydrogen-bond donors (Lipinski definition) is 2. The molecule has 1 saturated carbocycles. The van der Waals surface area contributed by atoms with Crippen molar-refractivity contribution in [2.24, 2.45) is 5.92 Å². The Morgan fingerprint density at radius 3 is 2.68 bits per heavy atom. The second kappa shape index (κ2) is 6.34. The molecule has 1 saturated heterocycles. The van der Waals surface area contributed by atoms with Crippen LogP contribution in [0.25, 0.3) is 0 Å². The van der Waals surface area contributed by atoms with Crippen molar-refractivity contribution in [3.05, 3.63) is 0 Å². The molecule has 6 heteroatoms. The molecule has 0 radical (unpaired) electrons. The lowest BCUT2D eigenvalue weighted by molar-refractivity contribution is -0.147. The summed E-state index contributed by atoms with van der Waals surface area (Å²) in [6, 6.07) is 0.138. The lowest BCUT2D eigenvalue weighted by Crippen LogP contribution is -2.48. The quantitative estimate of drug-likeness (QED) is 0.685. The minimum atomic E-state index is -0.947. The third kappa shape index (κ3) is 3.67. The first-order valence-corrected chi connectivity index (χ1v) is 6.97. The van der Waals surface area contributed by atoms with Gasteiger partial charge in [0.1, 0.15) is 6.54 Å². The Labute approximate surface area is 113 Å². The molecule has 0 aromatic heterocycles. The van der Waals surface area contributed by atoms with Crippen molar-refractivity contribution < 1.29 is 19.4 Å². The van der Waals surface area contributed by atoms with Crippen molar-refractivity contribution in [2.45, 2.75) is 38.3 Å². The van der Waals surface area contributed by atoms with Crippen LogP contribution in [0.1, 0.15) is 26.2 Å². The van der Waals surface area contributed by atoms with Crippen molar-refractivity contribution in [2.75, 3.05) is 26.3 Å². The lowest BCUT2D eigenvalue weighted by Gasteiger charge is -2.26. The summed E-state index contributed by atoms with van der Waals surface area (Å²) >= 11 is 0. The lowest BCUT2D eigenvalue weighted by atomic mass is 10.0. The van der Waals surface area contributed by atoms with E-state index in [0.29, 0.717) is 13.2 Å². The van der Waals surface area contributed by atoms with Gasteiger partial charge in [-0.25, -0.2) is 0 Å². The summed E-state index contributed by atoms with van der Waals surface area (Å²) in [5, 5.41) is 12.2. The number of rotatable bonds is 7. The summed E-state index contributed by atoms with van der Waals surface area (Å²) in [5.41, 5.74) is 0. The van der Waals surface area contributed by atoms with Gasteiger partial charge in [0.05, 0.1) is 19.1 Å². The molecule has 2 fully saturated rings. The summed E-state index contributed by atoms with van der Waals surface area (Å²) in [4.78, 5) is 24.9. The molecule has 2 aliphatic rings. The first kappa shape index (κ1) is 14.3. The Bertz CT molecular complexity index is 344. The molecule has 19 heavy (non-hydrogen) atoms. The van der Waals surface area contributed by atoms with Crippen LogP contribution in [0.15, 0.2) is 0 Å². The Hall–Kier alpha value is -1.14. The predicted octanol–water partition coefficient (Wildman–Crippen LogP) is 0.0766. The molecule has 0 bridgehead atoms. The van der Waals surface area contributed by atoms with Gasteiger partial charge in [0, 0.05) is 12.1 Å². The number of ether oxygens (including phenoxy) is 1. The van der Waals surface area contributed by atoms with Gasteiger partial charge in [0.15, 0.2) is 0 Å². The molecule has 0 aromatic carbocycles. The number of carbonyl (C=O) groups excluding carboxylic acids is 1. The minimum absolute atomic E-state index is 0.0162. The topological polar surface area (TPSA) is 78.9 Å². The highest BCUT2D eigenvalue weighted by Crippen LogP contribution is 2.29. The highest BCUT2D eigenvalue weighted by molar-refractivity contribution is 5.84. The molecule has 1 amide bonds. The van der Waals surface area contributed by atoms with E-state index < -0.39 is 5.97 Å². The molecule has 2 atom stereocenters. The van der Waals surface area contributed by atoms with Crippen LogP contribution in [0.5, 0.6) is 0 Å². The zero-order valence-corrected chi connectivity index (χ0v) is 11.3. The van der Waals surface area contributed by atoms with Gasteiger partial charge in [-0.1, -0.05) is 6.92 Å². The standard InChI is InChI=1S/C13H22N2O4/c1-2-5-14-11-8-19-7-10(11)13(18)15(6-12(16)17)9-3-4-9/h9-11,14H,2-8H2,1H3,(H,16,17). The van der Waals surface area contributed by atoms with Crippen molar-refractivity contribution >= 4 is 11.9 Å². The maximum Gasteiger partial charge on any atom is 0.323 e. The van der Waals surface area contributed by atoms with Gasteiger partial charge in [0.25, 0.3) is 0 Å². The van der Waals surface area contributed by atoms with E-state index in [2.05, 4.69) is 12.2 Å². The van der Waals surface area contributed by atoms with Gasteiger partial charge in [-0.3, -0.25) is 9.59 Å². The highest BCUT2D eigenvalue weighted by Gasteiger charge is 2.41. The van der Waals surface area contributed by atoms with Gasteiger partial charge in [-0.2, -0.15) is 0 Å². The van der Waals surface area contributed by atoms with E-state index in [0.717, 1.165) is 25.8 Å². The molecular weight excluding hydrogens is 248 g/mol. The van der Waals surface area contributed by atoms with Crippen molar-refractivity contribution in [3.8, 4) is 0 Å². The van der Waals surface area contributed by atoms with Crippen molar-refractivity contribution in [1.29, 1.82) is 0 Å². The summed E-state index contributed by atoms with van der Waals surface area (Å²) in [6.07, 6.45) is 2.83. The fourth-order valence-electron chi connectivity index (χ4n) is 2.46. The van der Waals surface area contributed by atoms with E-state index in [9.17, 15) is 9.59 Å². The average Bonchev–Trinajstić information content (AvgIpc) is 3.11. The number of amides is 1. The summed E-state index contributed by atoms with van der Waals surface area (Å²) < 4.78 is 5.39. The first-order valence-electron chi connectivity index (χ1n) is 6.97. The Morgan fingerprint density at radius 2 is 2.11 bits per heavy atom. The van der Waals surface area contributed by atoms with Crippen LogP contribution in [0.3, 0.4) is 0 Å². The molecular formula is C13H22N2O4. The number of nitrogens with zero attached hydrogens (tertiary/aromatic N) is 1. The maximum absolute atomic E-state index is 12.5. The molecule has 0 spiro atoms. The van der Waals surface area contributed by atoms with Crippen LogP contribution in [0, 0.1) is 5.92 Å². The normalized spacial score (nSPS) is 26.4. The first-order chi connectivity index (χ1) is 9.13. The van der Waals surface area contributed by atoms with Crippen molar-refractivity contribution in [1.82, 2.24) is 10.2 Å². The van der Waals surface area contributed by atoms with Crippen LogP contribution in [0.2, 0.25) is 0 Å². The SMILES string of the molecule is CCCNC1COCC1C(=O)N(CC(=O)O)C1CC1. The average molecular weight is 270 g/mol. The van der Waals surface area contributed by atoms with Crippen LogP contribution in [-0.4, -0.2) is 60.3 Å². The Kier molecular flexibility index (Phi) is 4.76. The van der Waals surface area contributed by atoms with Crippen LogP contribution in [0.4, 0.5) is 0 Å². The number of hydrogen-bond acceptors (Lipinski definition) is 4. The molecule has 6 nitrogen and oxygen atoms in total. The Morgan fingerprint density at radius 1 is 1.37 bits per heavy atom. The zero-order chi connectivity index (χ0) is 13.8. The zero-order valence-electron chi connectivity index (χ0n) is 11.3. The Balaban J connectivity index is 1.97. The minimum Gasteiger partial charge on any atom is -0.480 e. The van der Waals surface area contributed by atoms with Gasteiger partial charge >= 0.3 is 5.97 Å². The molecule has 1 aliphatic heterocycles. The van der Waals surface area contributed by atoms with E-state index in [1.807, 2.05) is 0 Å². The van der Waals surface area contributed by atoms with Crippen LogP contribution in [-0.2, 0) is 14.3 Å². The van der Waals surface area contributed by atoms with E-state index >= 15 is 0 Å². The maximum atomic E-state index is 12.5. The molecule has 108 valence electrons. The third-order valence-corrected chi connectivity index (χ3v) is 3.63. The number of carboxylic acids is 1. The molecule has 0 aromatic rings. The van der Waals surface area contributed by atoms with Crippen LogP contribution < -0.4 is 5.32 Å². The van der Waals surface area contributed by atoms with E-state index in [1.165, 1.54) is 4.90 Å². The summed E-state index contributed by atoms with van der Waals surface area (Å²) in [5.74, 6) is -1.26. The van der Waals surface area contributed by atoms with E-state index in [1.54, 1.807) is 0 Å². The van der Waals surface area contributed by atoms with E-state index in [-0.39, 0.29) is 30.5 Å². The van der Waals surface area contributed by atoms with Crippen molar-refractivity contribution in [3.63, 3.8) is 0 Å². The second-order valence-corrected chi connectivity index (χ2v) is 5.30. The number of carbonyl (C=O) groups is 2. The number of nitrogens with one attached hydrogen (secondary N) is 1. The predicted molar refractivity (Wildman–Crippen MR) is 68.8 cm³/mol. The molecule has 2 rings (SSSR count). The van der Waals surface area contributed by atoms with Gasteiger partial charge in [-0.15, -0.1) is 0 Å². The molecule has 1 heterocycles. The summed E-state index contributed by atoms with van der Waals surface area (Å²) in [6.45, 7) is 3.65. The van der Waals surface area contributed by atoms with Crippen LogP contribution >= 0.6 is 0 Å². The number of aliphatic carboxylic acids is 1. The largest absolute Gasteiger partial charge is 0.480 e. The van der Waals surface area contributed by atoms with Gasteiger partial charge in [0.2, 0.25) is 5.91 Å². The summed E-state index contributed by atoms with van der Waals surface area (Å²) in [7, 11) is 0. The molecule has 2 unspecified atom stereocenters. The number of carboxylic acid groups (broad SMARTS) is 1. The monoisotopic (exact) mass is 270 g/mol. The van der Waals surface area contributed by atoms with E-state index in [4.69, 9.17) is 9.84 Å².